The molecule has 0 aliphatic carbocycles. The lowest BCUT2D eigenvalue weighted by molar-refractivity contribution is 0.449. The number of rotatable bonds is 3. The normalized spacial score (nSPS) is 10.4. The minimum absolute atomic E-state index is 0.276. The number of benzene rings is 1. The van der Waals surface area contributed by atoms with E-state index in [0.717, 1.165) is 0 Å². The van der Waals surface area contributed by atoms with Crippen molar-refractivity contribution in [1.82, 2.24) is 9.97 Å². The SMILES string of the molecule is CSc1nc(N)cc(Oc2cc(F)ccc2Br)n1. The van der Waals surface area contributed by atoms with E-state index < -0.39 is 0 Å². The Bertz CT molecular complexity index is 582. The van der Waals surface area contributed by atoms with Gasteiger partial charge in [-0.2, -0.15) is 4.98 Å². The molecule has 0 atom stereocenters. The van der Waals surface area contributed by atoms with Gasteiger partial charge in [0.25, 0.3) is 0 Å². The van der Waals surface area contributed by atoms with E-state index in [0.29, 0.717) is 21.2 Å². The van der Waals surface area contributed by atoms with Crippen molar-refractivity contribution in [3.63, 3.8) is 0 Å². The van der Waals surface area contributed by atoms with Crippen LogP contribution in [0.3, 0.4) is 0 Å². The maximum atomic E-state index is 13.1. The fourth-order valence-corrected chi connectivity index (χ4v) is 1.94. The van der Waals surface area contributed by atoms with Gasteiger partial charge >= 0.3 is 0 Å². The molecule has 4 nitrogen and oxygen atoms in total. The second-order valence-electron chi connectivity index (χ2n) is 3.29. The smallest absolute Gasteiger partial charge is 0.225 e. The van der Waals surface area contributed by atoms with Gasteiger partial charge in [-0.25, -0.2) is 9.37 Å². The summed E-state index contributed by atoms with van der Waals surface area (Å²) in [5.41, 5.74) is 5.63. The maximum Gasteiger partial charge on any atom is 0.225 e. The van der Waals surface area contributed by atoms with E-state index in [9.17, 15) is 4.39 Å². The Morgan fingerprint density at radius 3 is 2.83 bits per heavy atom. The third-order valence-corrected chi connectivity index (χ3v) is 3.20. The Morgan fingerprint density at radius 2 is 2.11 bits per heavy atom. The van der Waals surface area contributed by atoms with Gasteiger partial charge in [0.1, 0.15) is 17.4 Å². The standard InChI is InChI=1S/C11H9BrFN3OS/c1-18-11-15-9(14)5-10(16-11)17-8-4-6(13)2-3-7(8)12/h2-5H,1H3,(H2,14,15,16). The van der Waals surface area contributed by atoms with Crippen LogP contribution in [0.1, 0.15) is 0 Å². The molecule has 0 unspecified atom stereocenters. The fourth-order valence-electron chi connectivity index (χ4n) is 1.23. The van der Waals surface area contributed by atoms with Crippen LogP contribution in [-0.4, -0.2) is 16.2 Å². The maximum absolute atomic E-state index is 13.1. The minimum Gasteiger partial charge on any atom is -0.438 e. The largest absolute Gasteiger partial charge is 0.438 e. The van der Waals surface area contributed by atoms with E-state index >= 15 is 0 Å². The molecule has 18 heavy (non-hydrogen) atoms. The first-order valence-corrected chi connectivity index (χ1v) is 6.91. The van der Waals surface area contributed by atoms with Crippen molar-refractivity contribution in [3.8, 4) is 11.6 Å². The summed E-state index contributed by atoms with van der Waals surface area (Å²) in [5, 5.41) is 0.498. The minimum atomic E-state index is -0.389. The molecule has 0 bridgehead atoms. The first kappa shape index (κ1) is 13.1. The molecule has 94 valence electrons. The first-order valence-electron chi connectivity index (χ1n) is 4.90. The van der Waals surface area contributed by atoms with Crippen LogP contribution < -0.4 is 10.5 Å². The summed E-state index contributed by atoms with van der Waals surface area (Å²) in [5.74, 6) is 0.524. The number of nitrogens with two attached hydrogens (primary N) is 1. The lowest BCUT2D eigenvalue weighted by Crippen LogP contribution is -1.97. The number of ether oxygens (including phenoxy) is 1. The number of thioether (sulfide) groups is 1. The van der Waals surface area contributed by atoms with Crippen LogP contribution in [0.25, 0.3) is 0 Å². The van der Waals surface area contributed by atoms with Crippen molar-refractivity contribution in [2.75, 3.05) is 12.0 Å². The lowest BCUT2D eigenvalue weighted by atomic mass is 10.3. The van der Waals surface area contributed by atoms with Gasteiger partial charge in [-0.15, -0.1) is 0 Å². The molecule has 1 heterocycles. The predicted octanol–water partition coefficient (Wildman–Crippen LogP) is 3.47. The second-order valence-corrected chi connectivity index (χ2v) is 4.92. The second kappa shape index (κ2) is 5.53. The fraction of sp³-hybridized carbons (Fsp3) is 0.0909. The average Bonchev–Trinajstić information content (AvgIpc) is 2.33. The van der Waals surface area contributed by atoms with Gasteiger partial charge in [0.05, 0.1) is 4.47 Å². The first-order chi connectivity index (χ1) is 8.58. The van der Waals surface area contributed by atoms with E-state index in [-0.39, 0.29) is 11.7 Å². The van der Waals surface area contributed by atoms with E-state index in [1.54, 1.807) is 6.07 Å². The van der Waals surface area contributed by atoms with Crippen molar-refractivity contribution in [1.29, 1.82) is 0 Å². The molecule has 2 N–H and O–H groups in total. The Labute approximate surface area is 116 Å². The highest BCUT2D eigenvalue weighted by Gasteiger charge is 2.08. The average molecular weight is 330 g/mol. The zero-order chi connectivity index (χ0) is 13.1. The molecular weight excluding hydrogens is 321 g/mol. The van der Waals surface area contributed by atoms with Crippen LogP contribution in [0.4, 0.5) is 10.2 Å². The van der Waals surface area contributed by atoms with Crippen LogP contribution in [0, 0.1) is 5.82 Å². The van der Waals surface area contributed by atoms with Gasteiger partial charge in [0.15, 0.2) is 5.16 Å². The van der Waals surface area contributed by atoms with E-state index in [2.05, 4.69) is 25.9 Å². The lowest BCUT2D eigenvalue weighted by Gasteiger charge is -2.08. The summed E-state index contributed by atoms with van der Waals surface area (Å²) >= 11 is 4.62. The molecule has 7 heteroatoms. The van der Waals surface area contributed by atoms with Crippen molar-refractivity contribution in [2.45, 2.75) is 5.16 Å². The highest BCUT2D eigenvalue weighted by molar-refractivity contribution is 9.10. The van der Waals surface area contributed by atoms with Gasteiger partial charge in [-0.05, 0) is 34.3 Å². The highest BCUT2D eigenvalue weighted by atomic mass is 79.9. The van der Waals surface area contributed by atoms with Crippen molar-refractivity contribution in [3.05, 3.63) is 34.6 Å². The van der Waals surface area contributed by atoms with Crippen molar-refractivity contribution in [2.24, 2.45) is 0 Å². The molecule has 0 amide bonds. The van der Waals surface area contributed by atoms with E-state index in [4.69, 9.17) is 10.5 Å². The number of halogens is 2. The molecule has 0 saturated carbocycles. The highest BCUT2D eigenvalue weighted by Crippen LogP contribution is 2.30. The topological polar surface area (TPSA) is 61.0 Å². The number of hydrogen-bond donors (Lipinski definition) is 1. The monoisotopic (exact) mass is 329 g/mol. The van der Waals surface area contributed by atoms with E-state index in [1.165, 1.54) is 30.0 Å². The molecule has 0 fully saturated rings. The zero-order valence-electron chi connectivity index (χ0n) is 9.35. The zero-order valence-corrected chi connectivity index (χ0v) is 11.8. The molecule has 0 spiro atoms. The molecule has 1 aromatic heterocycles. The Balaban J connectivity index is 2.33. The van der Waals surface area contributed by atoms with Crippen LogP contribution in [0.5, 0.6) is 11.6 Å². The summed E-state index contributed by atoms with van der Waals surface area (Å²) in [6, 6.07) is 5.64. The Hall–Kier alpha value is -1.34. The van der Waals surface area contributed by atoms with Gasteiger partial charge in [0, 0.05) is 12.1 Å². The Morgan fingerprint density at radius 1 is 1.33 bits per heavy atom. The molecule has 1 aromatic carbocycles. The van der Waals surface area contributed by atoms with Crippen LogP contribution in [0.15, 0.2) is 33.9 Å². The number of anilines is 1. The number of nitrogens with zero attached hydrogens (tertiary/aromatic N) is 2. The number of hydrogen-bond acceptors (Lipinski definition) is 5. The third-order valence-electron chi connectivity index (χ3n) is 1.99. The quantitative estimate of drug-likeness (QED) is 0.690. The summed E-state index contributed by atoms with van der Waals surface area (Å²) in [6.45, 7) is 0. The summed E-state index contributed by atoms with van der Waals surface area (Å²) in [6.07, 6.45) is 1.83. The van der Waals surface area contributed by atoms with Gasteiger partial charge in [-0.3, -0.25) is 0 Å². The van der Waals surface area contributed by atoms with Gasteiger partial charge < -0.3 is 10.5 Å². The van der Waals surface area contributed by atoms with Crippen molar-refractivity contribution < 1.29 is 9.13 Å². The molecule has 0 aliphatic rings. The van der Waals surface area contributed by atoms with Crippen molar-refractivity contribution >= 4 is 33.5 Å². The predicted molar refractivity (Wildman–Crippen MR) is 72.4 cm³/mol. The van der Waals surface area contributed by atoms with Gasteiger partial charge in [0.2, 0.25) is 5.88 Å². The molecule has 2 aromatic rings. The molecule has 0 saturated heterocycles. The van der Waals surface area contributed by atoms with Crippen LogP contribution in [-0.2, 0) is 0 Å². The summed E-state index contributed by atoms with van der Waals surface area (Å²) in [4.78, 5) is 8.12. The summed E-state index contributed by atoms with van der Waals surface area (Å²) < 4.78 is 19.2. The number of aromatic nitrogens is 2. The number of nitrogen functional groups attached to an aromatic ring is 1. The van der Waals surface area contributed by atoms with E-state index in [1.807, 2.05) is 6.26 Å². The summed E-state index contributed by atoms with van der Waals surface area (Å²) in [7, 11) is 0. The van der Waals surface area contributed by atoms with Crippen LogP contribution >= 0.6 is 27.7 Å². The van der Waals surface area contributed by atoms with Gasteiger partial charge in [-0.1, -0.05) is 11.8 Å². The molecule has 0 aliphatic heterocycles. The Kier molecular flexibility index (Phi) is 4.03. The third kappa shape index (κ3) is 3.11. The molecule has 2 rings (SSSR count). The molecular formula is C11H9BrFN3OS. The molecule has 0 radical (unpaired) electrons. The van der Waals surface area contributed by atoms with Crippen LogP contribution in [0.2, 0.25) is 0 Å².